The number of carboxylic acid groups (broad SMARTS) is 1. The number of nitrogens with zero attached hydrogens (tertiary/aromatic N) is 2. The molecule has 98 valence electrons. The fourth-order valence-electron chi connectivity index (χ4n) is 1.44. The summed E-state index contributed by atoms with van der Waals surface area (Å²) in [7, 11) is 0. The van der Waals surface area contributed by atoms with E-state index in [1.807, 2.05) is 0 Å². The smallest absolute Gasteiger partial charge is 0.323 e. The van der Waals surface area contributed by atoms with Gasteiger partial charge in [-0.25, -0.2) is 4.98 Å². The Morgan fingerprint density at radius 2 is 2.06 bits per heavy atom. The molecule has 0 bridgehead atoms. The molecule has 18 heavy (non-hydrogen) atoms. The van der Waals surface area contributed by atoms with E-state index in [1.165, 1.54) is 4.90 Å². The second kappa shape index (κ2) is 5.48. The van der Waals surface area contributed by atoms with Gasteiger partial charge in [-0.3, -0.25) is 9.59 Å². The molecule has 0 spiro atoms. The van der Waals surface area contributed by atoms with Crippen LogP contribution in [0.25, 0.3) is 0 Å². The van der Waals surface area contributed by atoms with Gasteiger partial charge in [0.2, 0.25) is 0 Å². The van der Waals surface area contributed by atoms with E-state index in [-0.39, 0.29) is 12.5 Å². The van der Waals surface area contributed by atoms with Crippen molar-refractivity contribution in [2.45, 2.75) is 26.3 Å². The first kappa shape index (κ1) is 14.6. The average Bonchev–Trinajstić information content (AvgIpc) is 2.24. The van der Waals surface area contributed by atoms with Gasteiger partial charge < -0.3 is 10.0 Å². The van der Waals surface area contributed by atoms with Crippen LogP contribution >= 0.6 is 15.9 Å². The lowest BCUT2D eigenvalue weighted by atomic mass is 10.0. The topological polar surface area (TPSA) is 70.5 Å². The Bertz CT molecular complexity index is 469. The van der Waals surface area contributed by atoms with Gasteiger partial charge in [-0.1, -0.05) is 0 Å². The third-order valence-corrected chi connectivity index (χ3v) is 2.97. The first-order valence-corrected chi connectivity index (χ1v) is 6.17. The van der Waals surface area contributed by atoms with Gasteiger partial charge in [0.25, 0.3) is 5.91 Å². The minimum Gasteiger partial charge on any atom is -0.480 e. The number of halogens is 1. The molecule has 1 N–H and O–H groups in total. The lowest BCUT2D eigenvalue weighted by Gasteiger charge is -2.34. The van der Waals surface area contributed by atoms with Crippen LogP contribution in [0.2, 0.25) is 0 Å². The molecule has 1 heterocycles. The molecule has 0 saturated heterocycles. The molecule has 0 fully saturated rings. The molecule has 0 atom stereocenters. The minimum absolute atomic E-state index is 0.344. The Kier molecular flexibility index (Phi) is 4.45. The second-order valence-corrected chi connectivity index (χ2v) is 5.55. The number of carbonyl (C=O) groups excluding carboxylic acids is 1. The maximum Gasteiger partial charge on any atom is 0.323 e. The minimum atomic E-state index is -1.04. The number of carbonyl (C=O) groups is 2. The first-order valence-electron chi connectivity index (χ1n) is 5.37. The van der Waals surface area contributed by atoms with E-state index in [1.54, 1.807) is 39.1 Å². The van der Waals surface area contributed by atoms with Gasteiger partial charge in [-0.05, 0) is 48.8 Å². The maximum atomic E-state index is 12.3. The molecule has 0 unspecified atom stereocenters. The molecule has 1 rings (SSSR count). The van der Waals surface area contributed by atoms with Gasteiger partial charge in [0.15, 0.2) is 0 Å². The van der Waals surface area contributed by atoms with Crippen LogP contribution in [0.5, 0.6) is 0 Å². The second-order valence-electron chi connectivity index (χ2n) is 4.80. The molecule has 1 amide bonds. The summed E-state index contributed by atoms with van der Waals surface area (Å²) < 4.78 is 0.412. The molecule has 0 aliphatic carbocycles. The van der Waals surface area contributed by atoms with E-state index in [0.29, 0.717) is 10.2 Å². The Hall–Kier alpha value is -1.43. The van der Waals surface area contributed by atoms with Gasteiger partial charge in [0.1, 0.15) is 11.1 Å². The van der Waals surface area contributed by atoms with Crippen molar-refractivity contribution in [1.82, 2.24) is 9.88 Å². The molecule has 0 radical (unpaired) electrons. The highest BCUT2D eigenvalue weighted by molar-refractivity contribution is 9.10. The van der Waals surface area contributed by atoms with Crippen molar-refractivity contribution < 1.29 is 14.7 Å². The molecule has 6 heteroatoms. The van der Waals surface area contributed by atoms with Gasteiger partial charge in [-0.15, -0.1) is 0 Å². The van der Waals surface area contributed by atoms with Crippen LogP contribution in [0.1, 0.15) is 31.1 Å². The van der Waals surface area contributed by atoms with Crippen LogP contribution in [0.15, 0.2) is 22.9 Å². The Morgan fingerprint density at radius 1 is 1.44 bits per heavy atom. The first-order chi connectivity index (χ1) is 8.23. The number of hydrogen-bond donors (Lipinski definition) is 1. The van der Waals surface area contributed by atoms with E-state index < -0.39 is 11.5 Å². The number of hydrogen-bond acceptors (Lipinski definition) is 3. The molecule has 0 aliphatic heterocycles. The molecule has 0 aliphatic rings. The lowest BCUT2D eigenvalue weighted by Crippen LogP contribution is -2.48. The summed E-state index contributed by atoms with van der Waals surface area (Å²) in [4.78, 5) is 28.5. The van der Waals surface area contributed by atoms with Crippen LogP contribution in [0.3, 0.4) is 0 Å². The number of aliphatic carboxylic acids is 1. The standard InChI is InChI=1S/C12H15BrN2O3/c1-12(2,3)15(7-9(16)17)11(18)8-5-4-6-14-10(8)13/h4-6H,7H2,1-3H3,(H,16,17). The SMILES string of the molecule is CC(C)(C)N(CC(=O)O)C(=O)c1cccnc1Br. The predicted molar refractivity (Wildman–Crippen MR) is 70.4 cm³/mol. The lowest BCUT2D eigenvalue weighted by molar-refractivity contribution is -0.138. The molecule has 5 nitrogen and oxygen atoms in total. The van der Waals surface area contributed by atoms with Gasteiger partial charge >= 0.3 is 5.97 Å². The van der Waals surface area contributed by atoms with Crippen molar-refractivity contribution in [2.75, 3.05) is 6.54 Å². The molecule has 1 aromatic rings. The maximum absolute atomic E-state index is 12.3. The molecular formula is C12H15BrN2O3. The summed E-state index contributed by atoms with van der Waals surface area (Å²) in [5, 5.41) is 8.89. The summed E-state index contributed by atoms with van der Waals surface area (Å²) in [5.41, 5.74) is -0.223. The normalized spacial score (nSPS) is 11.1. The van der Waals surface area contributed by atoms with E-state index in [9.17, 15) is 9.59 Å². The van der Waals surface area contributed by atoms with E-state index in [2.05, 4.69) is 20.9 Å². The monoisotopic (exact) mass is 314 g/mol. The zero-order chi connectivity index (χ0) is 13.9. The highest BCUT2D eigenvalue weighted by Crippen LogP contribution is 2.20. The van der Waals surface area contributed by atoms with Gasteiger partial charge in [0.05, 0.1) is 5.56 Å². The van der Waals surface area contributed by atoms with Crippen molar-refractivity contribution in [1.29, 1.82) is 0 Å². The van der Waals surface area contributed by atoms with Crippen LogP contribution in [0, 0.1) is 0 Å². The van der Waals surface area contributed by atoms with Crippen LogP contribution in [-0.2, 0) is 4.79 Å². The average molecular weight is 315 g/mol. The Morgan fingerprint density at radius 3 is 2.50 bits per heavy atom. The van der Waals surface area contributed by atoms with Crippen LogP contribution < -0.4 is 0 Å². The van der Waals surface area contributed by atoms with Crippen molar-refractivity contribution in [3.63, 3.8) is 0 Å². The third-order valence-electron chi connectivity index (χ3n) is 2.34. The predicted octanol–water partition coefficient (Wildman–Crippen LogP) is 2.17. The van der Waals surface area contributed by atoms with E-state index >= 15 is 0 Å². The number of rotatable bonds is 3. The van der Waals surface area contributed by atoms with Crippen LogP contribution in [0.4, 0.5) is 0 Å². The summed E-state index contributed by atoms with van der Waals surface area (Å²) in [6.07, 6.45) is 1.56. The van der Waals surface area contributed by atoms with Crippen LogP contribution in [-0.4, -0.2) is 39.0 Å². The Balaban J connectivity index is 3.11. The number of carboxylic acids is 1. The highest BCUT2D eigenvalue weighted by Gasteiger charge is 2.30. The van der Waals surface area contributed by atoms with E-state index in [0.717, 1.165) is 0 Å². The summed E-state index contributed by atoms with van der Waals surface area (Å²) >= 11 is 3.19. The highest BCUT2D eigenvalue weighted by atomic mass is 79.9. The van der Waals surface area contributed by atoms with E-state index in [4.69, 9.17) is 5.11 Å². The zero-order valence-electron chi connectivity index (χ0n) is 10.5. The van der Waals surface area contributed by atoms with Crippen molar-refractivity contribution in [3.05, 3.63) is 28.5 Å². The molecule has 0 aromatic carbocycles. The summed E-state index contributed by atoms with van der Waals surface area (Å²) in [5.74, 6) is -1.40. The van der Waals surface area contributed by atoms with Gasteiger partial charge in [-0.2, -0.15) is 0 Å². The summed E-state index contributed by atoms with van der Waals surface area (Å²) in [6, 6.07) is 3.25. The molecule has 1 aromatic heterocycles. The van der Waals surface area contributed by atoms with Crippen molar-refractivity contribution in [3.8, 4) is 0 Å². The summed E-state index contributed by atoms with van der Waals surface area (Å²) in [6.45, 7) is 5.03. The zero-order valence-corrected chi connectivity index (χ0v) is 12.1. The molecule has 0 saturated carbocycles. The largest absolute Gasteiger partial charge is 0.480 e. The van der Waals surface area contributed by atoms with Crippen molar-refractivity contribution >= 4 is 27.8 Å². The Labute approximate surface area is 114 Å². The van der Waals surface area contributed by atoms with Crippen molar-refractivity contribution in [2.24, 2.45) is 0 Å². The quantitative estimate of drug-likeness (QED) is 0.868. The number of aromatic nitrogens is 1. The van der Waals surface area contributed by atoms with Gasteiger partial charge in [0, 0.05) is 11.7 Å². The molecular weight excluding hydrogens is 300 g/mol. The third kappa shape index (κ3) is 3.53. The fraction of sp³-hybridized carbons (Fsp3) is 0.417. The number of pyridine rings is 1. The number of amides is 1. The fourth-order valence-corrected chi connectivity index (χ4v) is 1.86.